The third-order valence-electron chi connectivity index (χ3n) is 7.43. The van der Waals surface area contributed by atoms with Crippen molar-refractivity contribution in [3.8, 4) is 0 Å². The molecule has 2 aliphatic rings. The molecule has 0 saturated carbocycles. The minimum absolute atomic E-state index is 0.0976. The second-order valence-corrected chi connectivity index (χ2v) is 9.45. The molecule has 0 aromatic heterocycles. The fraction of sp³-hybridized carbons (Fsp3) is 0.429. The van der Waals surface area contributed by atoms with E-state index in [0.717, 1.165) is 79.0 Å². The average Bonchev–Trinajstić information content (AvgIpc) is 2.87. The summed E-state index contributed by atoms with van der Waals surface area (Å²) in [5.41, 5.74) is 0.830. The Morgan fingerprint density at radius 1 is 0.909 bits per heavy atom. The largest absolute Gasteiger partial charge is 0.356 e. The fourth-order valence-corrected chi connectivity index (χ4v) is 5.71. The molecule has 1 N–H and O–H groups in total. The molecule has 33 heavy (non-hydrogen) atoms. The van der Waals surface area contributed by atoms with Crippen molar-refractivity contribution >= 4 is 33.4 Å². The number of amides is 2. The number of fused-ring (bicyclic) bond motifs is 2. The van der Waals surface area contributed by atoms with Gasteiger partial charge in [-0.1, -0.05) is 48.5 Å². The minimum Gasteiger partial charge on any atom is -0.356 e. The number of rotatable bonds is 4. The van der Waals surface area contributed by atoms with E-state index in [1.165, 1.54) is 0 Å². The van der Waals surface area contributed by atoms with E-state index in [1.54, 1.807) is 0 Å². The van der Waals surface area contributed by atoms with E-state index < -0.39 is 0 Å². The highest BCUT2D eigenvalue weighted by molar-refractivity contribution is 6.18. The van der Waals surface area contributed by atoms with Crippen LogP contribution in [-0.4, -0.2) is 60.4 Å². The number of carbonyl (C=O) groups is 2. The van der Waals surface area contributed by atoms with Crippen molar-refractivity contribution in [2.75, 3.05) is 32.7 Å². The standard InChI is InChI=1S/C28H33N3O2/c1-2-29-27(32)22-10-7-15-31(19-22)23-13-16-30(17-14-23)28(33)26-24-11-5-3-8-20(24)18-21-9-4-6-12-25(21)26/h3-6,8-9,11-12,18,22-23H,2,7,10,13-17,19H2,1H3,(H,29,32). The zero-order valence-electron chi connectivity index (χ0n) is 19.4. The number of piperidine rings is 2. The molecule has 5 heteroatoms. The molecular weight excluding hydrogens is 410 g/mol. The zero-order chi connectivity index (χ0) is 22.8. The van der Waals surface area contributed by atoms with Gasteiger partial charge in [0.15, 0.2) is 0 Å². The maximum atomic E-state index is 13.8. The molecule has 172 valence electrons. The van der Waals surface area contributed by atoms with Crippen LogP contribution in [0.4, 0.5) is 0 Å². The molecule has 0 bridgehead atoms. The zero-order valence-corrected chi connectivity index (χ0v) is 19.4. The lowest BCUT2D eigenvalue weighted by atomic mass is 9.92. The Kier molecular flexibility index (Phi) is 6.32. The van der Waals surface area contributed by atoms with Gasteiger partial charge in [0.2, 0.25) is 5.91 Å². The van der Waals surface area contributed by atoms with Gasteiger partial charge in [0.05, 0.1) is 11.5 Å². The van der Waals surface area contributed by atoms with Crippen LogP contribution in [0.5, 0.6) is 0 Å². The molecule has 3 aromatic carbocycles. The summed E-state index contributed by atoms with van der Waals surface area (Å²) in [7, 11) is 0. The van der Waals surface area contributed by atoms with Gasteiger partial charge in [-0.05, 0) is 66.8 Å². The van der Waals surface area contributed by atoms with E-state index >= 15 is 0 Å². The van der Waals surface area contributed by atoms with E-state index in [9.17, 15) is 9.59 Å². The van der Waals surface area contributed by atoms with Crippen molar-refractivity contribution in [3.63, 3.8) is 0 Å². The quantitative estimate of drug-likeness (QED) is 0.607. The number of carbonyl (C=O) groups excluding carboxylic acids is 2. The molecular formula is C28H33N3O2. The molecule has 2 saturated heterocycles. The van der Waals surface area contributed by atoms with E-state index in [-0.39, 0.29) is 17.7 Å². The van der Waals surface area contributed by atoms with Gasteiger partial charge < -0.3 is 10.2 Å². The average molecular weight is 444 g/mol. The highest BCUT2D eigenvalue weighted by Crippen LogP contribution is 2.31. The molecule has 2 fully saturated rings. The van der Waals surface area contributed by atoms with Crippen LogP contribution in [0.1, 0.15) is 43.0 Å². The summed E-state index contributed by atoms with van der Waals surface area (Å²) in [5, 5.41) is 7.27. The normalized spacial score (nSPS) is 20.3. The summed E-state index contributed by atoms with van der Waals surface area (Å²) in [6.07, 6.45) is 3.99. The molecule has 1 unspecified atom stereocenters. The Labute approximate surface area is 195 Å². The molecule has 5 nitrogen and oxygen atoms in total. The smallest absolute Gasteiger partial charge is 0.255 e. The highest BCUT2D eigenvalue weighted by Gasteiger charge is 2.33. The summed E-state index contributed by atoms with van der Waals surface area (Å²) < 4.78 is 0. The molecule has 3 aromatic rings. The number of hydrogen-bond acceptors (Lipinski definition) is 3. The molecule has 2 amide bonds. The third-order valence-corrected chi connectivity index (χ3v) is 7.43. The molecule has 2 heterocycles. The second kappa shape index (κ2) is 9.52. The van der Waals surface area contributed by atoms with Crippen LogP contribution in [0.3, 0.4) is 0 Å². The van der Waals surface area contributed by atoms with Crippen molar-refractivity contribution in [3.05, 3.63) is 60.2 Å². The Morgan fingerprint density at radius 2 is 1.55 bits per heavy atom. The second-order valence-electron chi connectivity index (χ2n) is 9.45. The maximum Gasteiger partial charge on any atom is 0.255 e. The molecule has 0 aliphatic carbocycles. The number of likely N-dealkylation sites (tertiary alicyclic amines) is 2. The number of benzene rings is 3. The van der Waals surface area contributed by atoms with Gasteiger partial charge in [0.1, 0.15) is 0 Å². The van der Waals surface area contributed by atoms with E-state index in [2.05, 4.69) is 40.5 Å². The van der Waals surface area contributed by atoms with Gasteiger partial charge in [-0.3, -0.25) is 14.5 Å². The molecule has 5 rings (SSSR count). The van der Waals surface area contributed by atoms with Gasteiger partial charge in [0.25, 0.3) is 5.91 Å². The van der Waals surface area contributed by atoms with Crippen molar-refractivity contribution in [2.45, 2.75) is 38.6 Å². The van der Waals surface area contributed by atoms with Crippen molar-refractivity contribution in [1.29, 1.82) is 0 Å². The lowest BCUT2D eigenvalue weighted by Gasteiger charge is -2.42. The Balaban J connectivity index is 1.32. The third kappa shape index (κ3) is 4.34. The summed E-state index contributed by atoms with van der Waals surface area (Å²) in [6.45, 7) is 6.11. The SMILES string of the molecule is CCNC(=O)C1CCCN(C2CCN(C(=O)c3c4ccccc4cc4ccccc34)CC2)C1. The van der Waals surface area contributed by atoms with Gasteiger partial charge in [-0.25, -0.2) is 0 Å². The first-order chi connectivity index (χ1) is 16.2. The van der Waals surface area contributed by atoms with Crippen molar-refractivity contribution in [1.82, 2.24) is 15.1 Å². The van der Waals surface area contributed by atoms with Gasteiger partial charge in [0, 0.05) is 32.2 Å². The summed E-state index contributed by atoms with van der Waals surface area (Å²) in [4.78, 5) is 30.7. The van der Waals surface area contributed by atoms with E-state index in [4.69, 9.17) is 0 Å². The first-order valence-corrected chi connectivity index (χ1v) is 12.4. The number of hydrogen-bond donors (Lipinski definition) is 1. The molecule has 0 spiro atoms. The molecule has 1 atom stereocenters. The molecule has 2 aliphatic heterocycles. The van der Waals surface area contributed by atoms with Crippen LogP contribution in [0.15, 0.2) is 54.6 Å². The lowest BCUT2D eigenvalue weighted by Crippen LogP contribution is -2.51. The van der Waals surface area contributed by atoms with Gasteiger partial charge in [-0.15, -0.1) is 0 Å². The van der Waals surface area contributed by atoms with Crippen LogP contribution < -0.4 is 5.32 Å². The van der Waals surface area contributed by atoms with Gasteiger partial charge >= 0.3 is 0 Å². The van der Waals surface area contributed by atoms with Crippen LogP contribution in [0.2, 0.25) is 0 Å². The van der Waals surface area contributed by atoms with Crippen LogP contribution in [0, 0.1) is 5.92 Å². The Bertz CT molecular complexity index is 1110. The molecule has 0 radical (unpaired) electrons. The van der Waals surface area contributed by atoms with Crippen LogP contribution >= 0.6 is 0 Å². The Hall–Kier alpha value is -2.92. The monoisotopic (exact) mass is 443 g/mol. The van der Waals surface area contributed by atoms with Crippen molar-refractivity contribution in [2.24, 2.45) is 5.92 Å². The maximum absolute atomic E-state index is 13.8. The van der Waals surface area contributed by atoms with Gasteiger partial charge in [-0.2, -0.15) is 0 Å². The topological polar surface area (TPSA) is 52.7 Å². The van der Waals surface area contributed by atoms with Crippen molar-refractivity contribution < 1.29 is 9.59 Å². The van der Waals surface area contributed by atoms with Crippen LogP contribution in [0.25, 0.3) is 21.5 Å². The highest BCUT2D eigenvalue weighted by atomic mass is 16.2. The first kappa shape index (κ1) is 21.9. The Morgan fingerprint density at radius 3 is 2.18 bits per heavy atom. The predicted octanol–water partition coefficient (Wildman–Crippen LogP) is 4.45. The van der Waals surface area contributed by atoms with E-state index in [1.807, 2.05) is 36.1 Å². The number of nitrogens with one attached hydrogen (secondary N) is 1. The fourth-order valence-electron chi connectivity index (χ4n) is 5.71. The van der Waals surface area contributed by atoms with Crippen LogP contribution in [-0.2, 0) is 4.79 Å². The first-order valence-electron chi connectivity index (χ1n) is 12.4. The van der Waals surface area contributed by atoms with E-state index in [0.29, 0.717) is 12.6 Å². The summed E-state index contributed by atoms with van der Waals surface area (Å²) >= 11 is 0. The minimum atomic E-state index is 0.0976. The lowest BCUT2D eigenvalue weighted by molar-refractivity contribution is -0.127. The predicted molar refractivity (Wildman–Crippen MR) is 133 cm³/mol. The summed E-state index contributed by atoms with van der Waals surface area (Å²) in [6, 6.07) is 19.0. The number of nitrogens with zero attached hydrogens (tertiary/aromatic N) is 2. The summed E-state index contributed by atoms with van der Waals surface area (Å²) in [5.74, 6) is 0.429.